The highest BCUT2D eigenvalue weighted by atomic mass is 19.1. The van der Waals surface area contributed by atoms with Crippen LogP contribution in [-0.2, 0) is 0 Å². The van der Waals surface area contributed by atoms with Crippen LogP contribution in [0.4, 0.5) is 10.1 Å². The molecule has 0 unspecified atom stereocenters. The van der Waals surface area contributed by atoms with E-state index in [-0.39, 0.29) is 0 Å². The Morgan fingerprint density at radius 2 is 2.00 bits per heavy atom. The molecule has 5 heteroatoms. The predicted molar refractivity (Wildman–Crippen MR) is 84.0 cm³/mol. The van der Waals surface area contributed by atoms with E-state index in [1.165, 1.54) is 6.20 Å². The summed E-state index contributed by atoms with van der Waals surface area (Å²) in [7, 11) is 0. The third-order valence-electron chi connectivity index (χ3n) is 1.73. The Labute approximate surface area is 120 Å². The Morgan fingerprint density at radius 3 is 2.40 bits per heavy atom. The lowest BCUT2D eigenvalue weighted by Crippen LogP contribution is -2.08. The molecule has 1 aromatic heterocycles. The van der Waals surface area contributed by atoms with Crippen molar-refractivity contribution < 1.29 is 9.13 Å². The Bertz CT molecular complexity index is 431. The summed E-state index contributed by atoms with van der Waals surface area (Å²) in [6.45, 7) is 14.3. The first kappa shape index (κ1) is 20.2. The lowest BCUT2D eigenvalue weighted by Gasteiger charge is -2.05. The molecule has 0 atom stereocenters. The van der Waals surface area contributed by atoms with Gasteiger partial charge in [-0.2, -0.15) is 0 Å². The van der Waals surface area contributed by atoms with Crippen molar-refractivity contribution in [2.45, 2.75) is 27.7 Å². The minimum absolute atomic E-state index is 0.295. The molecule has 0 bridgehead atoms. The van der Waals surface area contributed by atoms with Gasteiger partial charge in [0, 0.05) is 6.07 Å². The molecular weight excluding hydrogens is 257 g/mol. The fourth-order valence-corrected chi connectivity index (χ4v) is 0.911. The average molecular weight is 281 g/mol. The SMILES string of the molecule is C=C/C(F)=C/Oc1cc(C)c(NN)cn1.C=CC.CC. The van der Waals surface area contributed by atoms with E-state index in [1.807, 2.05) is 27.7 Å². The zero-order valence-electron chi connectivity index (χ0n) is 12.6. The van der Waals surface area contributed by atoms with Crippen molar-refractivity contribution >= 4 is 5.69 Å². The topological polar surface area (TPSA) is 60.2 Å². The van der Waals surface area contributed by atoms with Crippen LogP contribution in [0.5, 0.6) is 5.88 Å². The van der Waals surface area contributed by atoms with E-state index in [1.54, 1.807) is 12.1 Å². The highest BCUT2D eigenvalue weighted by Crippen LogP contribution is 2.17. The first-order valence-electron chi connectivity index (χ1n) is 6.24. The first-order chi connectivity index (χ1) is 9.58. The van der Waals surface area contributed by atoms with Crippen LogP contribution in [0.3, 0.4) is 0 Å². The van der Waals surface area contributed by atoms with Crippen LogP contribution < -0.4 is 16.0 Å². The monoisotopic (exact) mass is 281 g/mol. The number of ether oxygens (including phenoxy) is 1. The number of nitrogens with one attached hydrogen (secondary N) is 1. The number of nitrogen functional groups attached to an aromatic ring is 1. The second-order valence-corrected chi connectivity index (χ2v) is 3.21. The van der Waals surface area contributed by atoms with Gasteiger partial charge in [0.15, 0.2) is 5.83 Å². The van der Waals surface area contributed by atoms with Gasteiger partial charge in [-0.15, -0.1) is 6.58 Å². The standard InChI is InChI=1S/C10H12FN3O.C3H6.C2H6/c1-3-8(11)6-15-10-4-7(2)9(14-12)5-13-10;1-3-2;1-2/h3-6,14H,1,12H2,2H3;3H,1H2,2H3;1-2H3/b8-6-;;. The van der Waals surface area contributed by atoms with Crippen molar-refractivity contribution in [3.63, 3.8) is 0 Å². The molecule has 1 heterocycles. The largest absolute Gasteiger partial charge is 0.444 e. The lowest BCUT2D eigenvalue weighted by molar-refractivity contribution is 0.439. The molecule has 112 valence electrons. The van der Waals surface area contributed by atoms with Crippen LogP contribution in [0.2, 0.25) is 0 Å². The summed E-state index contributed by atoms with van der Waals surface area (Å²) in [4.78, 5) is 3.91. The molecular formula is C15H24FN3O. The van der Waals surface area contributed by atoms with Crippen LogP contribution in [0.15, 0.2) is 49.7 Å². The summed E-state index contributed by atoms with van der Waals surface area (Å²) in [6.07, 6.45) is 5.23. The maximum absolute atomic E-state index is 12.6. The highest BCUT2D eigenvalue weighted by molar-refractivity contribution is 5.49. The molecule has 0 aliphatic rings. The summed E-state index contributed by atoms with van der Waals surface area (Å²) in [5.74, 6) is 4.96. The van der Waals surface area contributed by atoms with Crippen molar-refractivity contribution in [1.29, 1.82) is 0 Å². The number of aromatic nitrogens is 1. The van der Waals surface area contributed by atoms with Gasteiger partial charge in [0.05, 0.1) is 11.9 Å². The molecule has 20 heavy (non-hydrogen) atoms. The molecule has 0 aliphatic carbocycles. The average Bonchev–Trinajstić information content (AvgIpc) is 2.47. The van der Waals surface area contributed by atoms with Gasteiger partial charge >= 0.3 is 0 Å². The number of hydrogen-bond donors (Lipinski definition) is 2. The van der Waals surface area contributed by atoms with Gasteiger partial charge in [0.25, 0.3) is 0 Å². The van der Waals surface area contributed by atoms with Crippen LogP contribution in [0, 0.1) is 6.92 Å². The van der Waals surface area contributed by atoms with E-state index < -0.39 is 5.83 Å². The summed E-state index contributed by atoms with van der Waals surface area (Å²) >= 11 is 0. The molecule has 0 aliphatic heterocycles. The first-order valence-corrected chi connectivity index (χ1v) is 6.24. The van der Waals surface area contributed by atoms with Crippen molar-refractivity contribution in [1.82, 2.24) is 4.98 Å². The number of nitrogens with two attached hydrogens (primary N) is 1. The van der Waals surface area contributed by atoms with E-state index in [0.29, 0.717) is 11.6 Å². The zero-order chi connectivity index (χ0) is 16.0. The third-order valence-corrected chi connectivity index (χ3v) is 1.73. The molecule has 0 aromatic carbocycles. The fraction of sp³-hybridized carbons (Fsp3) is 0.267. The van der Waals surface area contributed by atoms with E-state index in [9.17, 15) is 4.39 Å². The molecule has 1 rings (SSSR count). The second kappa shape index (κ2) is 13.3. The molecule has 1 aromatic rings. The van der Waals surface area contributed by atoms with E-state index in [2.05, 4.69) is 23.6 Å². The quantitative estimate of drug-likeness (QED) is 0.284. The van der Waals surface area contributed by atoms with Gasteiger partial charge < -0.3 is 10.2 Å². The van der Waals surface area contributed by atoms with Crippen molar-refractivity contribution in [2.75, 3.05) is 5.43 Å². The Hall–Kier alpha value is -2.14. The Kier molecular flexibility index (Phi) is 13.4. The number of anilines is 1. The number of hydrogen-bond acceptors (Lipinski definition) is 4. The summed E-state index contributed by atoms with van der Waals surface area (Å²) < 4.78 is 17.6. The van der Waals surface area contributed by atoms with E-state index >= 15 is 0 Å². The summed E-state index contributed by atoms with van der Waals surface area (Å²) in [6, 6.07) is 1.64. The molecule has 0 radical (unpaired) electrons. The van der Waals surface area contributed by atoms with Gasteiger partial charge in [0.1, 0.15) is 6.26 Å². The lowest BCUT2D eigenvalue weighted by atomic mass is 10.2. The normalized spacial score (nSPS) is 9.20. The minimum atomic E-state index is -0.560. The van der Waals surface area contributed by atoms with Crippen LogP contribution in [0.25, 0.3) is 0 Å². The number of halogens is 1. The Morgan fingerprint density at radius 1 is 1.45 bits per heavy atom. The number of hydrazine groups is 1. The number of nitrogens with zero attached hydrogens (tertiary/aromatic N) is 1. The number of aryl methyl sites for hydroxylation is 1. The van der Waals surface area contributed by atoms with Crippen LogP contribution >= 0.6 is 0 Å². The molecule has 0 amide bonds. The highest BCUT2D eigenvalue weighted by Gasteiger charge is 2.00. The molecule has 3 N–H and O–H groups in total. The van der Waals surface area contributed by atoms with E-state index in [0.717, 1.165) is 17.9 Å². The van der Waals surface area contributed by atoms with E-state index in [4.69, 9.17) is 10.6 Å². The number of rotatable bonds is 4. The zero-order valence-corrected chi connectivity index (χ0v) is 12.6. The van der Waals surface area contributed by atoms with Gasteiger partial charge in [0.2, 0.25) is 5.88 Å². The smallest absolute Gasteiger partial charge is 0.218 e. The summed E-state index contributed by atoms with van der Waals surface area (Å²) in [5.41, 5.74) is 4.02. The predicted octanol–water partition coefficient (Wildman–Crippen LogP) is 4.27. The van der Waals surface area contributed by atoms with Crippen LogP contribution in [0.1, 0.15) is 26.3 Å². The molecule has 0 saturated carbocycles. The summed E-state index contributed by atoms with van der Waals surface area (Å²) in [5, 5.41) is 0. The number of allylic oxidation sites excluding steroid dienone is 3. The maximum Gasteiger partial charge on any atom is 0.218 e. The minimum Gasteiger partial charge on any atom is -0.444 e. The second-order valence-electron chi connectivity index (χ2n) is 3.21. The third kappa shape index (κ3) is 8.88. The maximum atomic E-state index is 12.6. The van der Waals surface area contributed by atoms with Gasteiger partial charge in [-0.05, 0) is 25.5 Å². The number of pyridine rings is 1. The molecule has 0 saturated heterocycles. The molecule has 0 spiro atoms. The van der Waals surface area contributed by atoms with Gasteiger partial charge in [-0.1, -0.05) is 26.5 Å². The molecule has 4 nitrogen and oxygen atoms in total. The van der Waals surface area contributed by atoms with Crippen molar-refractivity contribution in [3.05, 3.63) is 55.2 Å². The van der Waals surface area contributed by atoms with Crippen LogP contribution in [-0.4, -0.2) is 4.98 Å². The Balaban J connectivity index is 0. The van der Waals surface area contributed by atoms with Gasteiger partial charge in [-0.3, -0.25) is 5.84 Å². The van der Waals surface area contributed by atoms with Crippen molar-refractivity contribution in [2.24, 2.45) is 5.84 Å². The van der Waals surface area contributed by atoms with Crippen molar-refractivity contribution in [3.8, 4) is 5.88 Å². The fourth-order valence-electron chi connectivity index (χ4n) is 0.911. The molecule has 0 fully saturated rings. The van der Waals surface area contributed by atoms with Gasteiger partial charge in [-0.25, -0.2) is 9.37 Å².